The van der Waals surface area contributed by atoms with E-state index in [1.54, 1.807) is 18.6 Å². The summed E-state index contributed by atoms with van der Waals surface area (Å²) in [6.07, 6.45) is 9.24. The van der Waals surface area contributed by atoms with Crippen molar-refractivity contribution in [2.45, 2.75) is 38.6 Å². The van der Waals surface area contributed by atoms with Crippen molar-refractivity contribution in [3.05, 3.63) is 78.6 Å². The molecule has 4 heterocycles. The first-order valence-corrected chi connectivity index (χ1v) is 11.5. The molecular formula is C26H28N6O. The lowest BCUT2D eigenvalue weighted by Gasteiger charge is -2.32. The Morgan fingerprint density at radius 1 is 1.06 bits per heavy atom. The molecule has 1 saturated heterocycles. The Morgan fingerprint density at radius 2 is 1.91 bits per heavy atom. The van der Waals surface area contributed by atoms with Crippen molar-refractivity contribution in [3.8, 4) is 0 Å². The number of hydrogen-bond donors (Lipinski definition) is 1. The van der Waals surface area contributed by atoms with Crippen LogP contribution in [-0.2, 0) is 11.3 Å². The van der Waals surface area contributed by atoms with Gasteiger partial charge in [0.2, 0.25) is 5.91 Å². The second-order valence-electron chi connectivity index (χ2n) is 8.59. The van der Waals surface area contributed by atoms with Crippen LogP contribution in [0.5, 0.6) is 0 Å². The molecule has 0 radical (unpaired) electrons. The number of anilines is 2. The summed E-state index contributed by atoms with van der Waals surface area (Å²) in [5.41, 5.74) is 4.37. The minimum atomic E-state index is 0.238. The zero-order valence-corrected chi connectivity index (χ0v) is 18.8. The van der Waals surface area contributed by atoms with Crippen LogP contribution >= 0.6 is 0 Å². The number of nitrogens with zero attached hydrogens (tertiary/aromatic N) is 5. The number of benzene rings is 1. The van der Waals surface area contributed by atoms with E-state index in [0.29, 0.717) is 18.2 Å². The van der Waals surface area contributed by atoms with Crippen molar-refractivity contribution in [3.63, 3.8) is 0 Å². The predicted molar refractivity (Wildman–Crippen MR) is 129 cm³/mol. The fourth-order valence-electron chi connectivity index (χ4n) is 4.67. The zero-order valence-electron chi connectivity index (χ0n) is 18.8. The average molecular weight is 441 g/mol. The topological polar surface area (TPSA) is 75.9 Å². The molecule has 0 spiro atoms. The van der Waals surface area contributed by atoms with Gasteiger partial charge < -0.3 is 14.8 Å². The number of nitrogens with one attached hydrogen (secondary N) is 1. The third kappa shape index (κ3) is 4.72. The van der Waals surface area contributed by atoms with E-state index in [2.05, 4.69) is 68.2 Å². The maximum absolute atomic E-state index is 12.9. The van der Waals surface area contributed by atoms with E-state index in [1.807, 2.05) is 17.2 Å². The van der Waals surface area contributed by atoms with Gasteiger partial charge in [0, 0.05) is 61.3 Å². The van der Waals surface area contributed by atoms with Crippen molar-refractivity contribution in [1.29, 1.82) is 0 Å². The Hall–Kier alpha value is -3.74. The third-order valence-electron chi connectivity index (χ3n) is 6.45. The quantitative estimate of drug-likeness (QED) is 0.471. The Bertz CT molecular complexity index is 1230. The van der Waals surface area contributed by atoms with Crippen LogP contribution in [0.4, 0.5) is 11.5 Å². The SMILES string of the molecule is Cc1cc2ccccc2n1CCC(=O)N1CCC(c2ccc(Nc3cnccn3)cn2)CC1. The van der Waals surface area contributed by atoms with E-state index in [1.165, 1.54) is 16.6 Å². The number of rotatable bonds is 6. The van der Waals surface area contributed by atoms with E-state index in [4.69, 9.17) is 0 Å². The summed E-state index contributed by atoms with van der Waals surface area (Å²) in [5, 5.41) is 4.44. The molecule has 0 aliphatic carbocycles. The number of fused-ring (bicyclic) bond motifs is 1. The Balaban J connectivity index is 1.14. The molecule has 168 valence electrons. The highest BCUT2D eigenvalue weighted by Crippen LogP contribution is 2.28. The molecule has 0 atom stereocenters. The molecule has 33 heavy (non-hydrogen) atoms. The van der Waals surface area contributed by atoms with Crippen LogP contribution in [-0.4, -0.2) is 43.4 Å². The third-order valence-corrected chi connectivity index (χ3v) is 6.45. The van der Waals surface area contributed by atoms with Crippen LogP contribution in [0.3, 0.4) is 0 Å². The number of likely N-dealkylation sites (tertiary alicyclic amines) is 1. The number of amides is 1. The zero-order chi connectivity index (χ0) is 22.6. The summed E-state index contributed by atoms with van der Waals surface area (Å²) in [6.45, 7) is 4.41. The van der Waals surface area contributed by atoms with Crippen molar-refractivity contribution >= 4 is 28.3 Å². The lowest BCUT2D eigenvalue weighted by atomic mass is 9.93. The molecule has 1 aromatic carbocycles. The standard InChI is InChI=1S/C26H28N6O/c1-19-16-21-4-2-3-5-24(21)32(19)15-10-26(33)31-13-8-20(9-14-31)23-7-6-22(17-29-23)30-25-18-27-11-12-28-25/h2-7,11-12,16-18,20H,8-10,13-15H2,1H3,(H,28,30). The van der Waals surface area contributed by atoms with E-state index in [0.717, 1.165) is 43.9 Å². The Kier molecular flexibility index (Phi) is 6.02. The predicted octanol–water partition coefficient (Wildman–Crippen LogP) is 4.67. The van der Waals surface area contributed by atoms with Gasteiger partial charge in [-0.1, -0.05) is 18.2 Å². The van der Waals surface area contributed by atoms with Crippen LogP contribution in [0.25, 0.3) is 10.9 Å². The molecule has 0 saturated carbocycles. The van der Waals surface area contributed by atoms with Crippen LogP contribution < -0.4 is 5.32 Å². The van der Waals surface area contributed by atoms with E-state index < -0.39 is 0 Å². The van der Waals surface area contributed by atoms with Gasteiger partial charge >= 0.3 is 0 Å². The van der Waals surface area contributed by atoms with Gasteiger partial charge in [-0.05, 0) is 49.4 Å². The van der Waals surface area contributed by atoms with E-state index >= 15 is 0 Å². The molecule has 0 bridgehead atoms. The highest BCUT2D eigenvalue weighted by molar-refractivity contribution is 5.82. The Morgan fingerprint density at radius 3 is 2.67 bits per heavy atom. The van der Waals surface area contributed by atoms with Crippen molar-refractivity contribution in [1.82, 2.24) is 24.4 Å². The van der Waals surface area contributed by atoms with Gasteiger partial charge in [-0.15, -0.1) is 0 Å². The van der Waals surface area contributed by atoms with Gasteiger partial charge in [-0.25, -0.2) is 4.98 Å². The highest BCUT2D eigenvalue weighted by Gasteiger charge is 2.24. The number of carbonyl (C=O) groups excluding carboxylic acids is 1. The fourth-order valence-corrected chi connectivity index (χ4v) is 4.67. The molecule has 1 fully saturated rings. The molecule has 1 amide bonds. The normalized spacial score (nSPS) is 14.5. The molecule has 1 aliphatic rings. The Labute approximate surface area is 193 Å². The van der Waals surface area contributed by atoms with Gasteiger partial charge in [-0.2, -0.15) is 0 Å². The molecule has 3 aromatic heterocycles. The molecular weight excluding hydrogens is 412 g/mol. The summed E-state index contributed by atoms with van der Waals surface area (Å²) < 4.78 is 2.25. The minimum Gasteiger partial charge on any atom is -0.344 e. The average Bonchev–Trinajstić information content (AvgIpc) is 3.18. The number of hydrogen-bond acceptors (Lipinski definition) is 5. The van der Waals surface area contributed by atoms with E-state index in [9.17, 15) is 4.79 Å². The maximum Gasteiger partial charge on any atom is 0.224 e. The summed E-state index contributed by atoms with van der Waals surface area (Å²) >= 11 is 0. The molecule has 7 heteroatoms. The summed E-state index contributed by atoms with van der Waals surface area (Å²) in [7, 11) is 0. The molecule has 0 unspecified atom stereocenters. The van der Waals surface area contributed by atoms with Gasteiger partial charge in [0.1, 0.15) is 5.82 Å². The van der Waals surface area contributed by atoms with Crippen LogP contribution in [0.1, 0.15) is 36.6 Å². The van der Waals surface area contributed by atoms with Gasteiger partial charge in [-0.3, -0.25) is 14.8 Å². The molecule has 7 nitrogen and oxygen atoms in total. The summed E-state index contributed by atoms with van der Waals surface area (Å²) in [6, 6.07) is 14.6. The number of carbonyl (C=O) groups is 1. The first-order valence-electron chi connectivity index (χ1n) is 11.5. The van der Waals surface area contributed by atoms with Crippen LogP contribution in [0.2, 0.25) is 0 Å². The maximum atomic E-state index is 12.9. The first-order chi connectivity index (χ1) is 16.2. The highest BCUT2D eigenvalue weighted by atomic mass is 16.2. The minimum absolute atomic E-state index is 0.238. The number of aromatic nitrogens is 4. The molecule has 1 aliphatic heterocycles. The fraction of sp³-hybridized carbons (Fsp3) is 0.308. The lowest BCUT2D eigenvalue weighted by molar-refractivity contribution is -0.132. The van der Waals surface area contributed by atoms with Crippen LogP contribution in [0, 0.1) is 6.92 Å². The van der Waals surface area contributed by atoms with Gasteiger partial charge in [0.15, 0.2) is 0 Å². The van der Waals surface area contributed by atoms with E-state index in [-0.39, 0.29) is 5.91 Å². The largest absolute Gasteiger partial charge is 0.344 e. The van der Waals surface area contributed by atoms with Gasteiger partial charge in [0.25, 0.3) is 0 Å². The number of aryl methyl sites for hydroxylation is 2. The first kappa shape index (κ1) is 21.1. The number of pyridine rings is 1. The van der Waals surface area contributed by atoms with Crippen molar-refractivity contribution < 1.29 is 4.79 Å². The summed E-state index contributed by atoms with van der Waals surface area (Å²) in [5.74, 6) is 1.32. The smallest absolute Gasteiger partial charge is 0.224 e. The van der Waals surface area contributed by atoms with Gasteiger partial charge in [0.05, 0.1) is 18.1 Å². The summed E-state index contributed by atoms with van der Waals surface area (Å²) in [4.78, 5) is 27.8. The molecule has 5 rings (SSSR count). The van der Waals surface area contributed by atoms with Crippen molar-refractivity contribution in [2.75, 3.05) is 18.4 Å². The molecule has 1 N–H and O–H groups in total. The molecule has 4 aromatic rings. The second-order valence-corrected chi connectivity index (χ2v) is 8.59. The lowest BCUT2D eigenvalue weighted by Crippen LogP contribution is -2.38. The van der Waals surface area contributed by atoms with Crippen molar-refractivity contribution in [2.24, 2.45) is 0 Å². The van der Waals surface area contributed by atoms with Crippen LogP contribution in [0.15, 0.2) is 67.3 Å². The monoisotopic (exact) mass is 440 g/mol. The number of piperidine rings is 1. The number of para-hydroxylation sites is 1. The second kappa shape index (κ2) is 9.40.